The van der Waals surface area contributed by atoms with Gasteiger partial charge in [-0.25, -0.2) is 4.98 Å². The zero-order chi connectivity index (χ0) is 8.55. The van der Waals surface area contributed by atoms with E-state index in [0.29, 0.717) is 6.42 Å². The van der Waals surface area contributed by atoms with Crippen LogP contribution in [-0.2, 0) is 6.42 Å². The molecule has 4 nitrogen and oxygen atoms in total. The largest absolute Gasteiger partial charge is 0.326 e. The molecule has 0 bridgehead atoms. The topological polar surface area (TPSA) is 56.9 Å². The minimum absolute atomic E-state index is 0.412. The maximum atomic E-state index is 8.51. The summed E-state index contributed by atoms with van der Waals surface area (Å²) in [6, 6.07) is 2.10. The molecule has 0 aliphatic heterocycles. The van der Waals surface area contributed by atoms with E-state index in [9.17, 15) is 0 Å². The number of fused-ring (bicyclic) bond motifs is 1. The number of nitrogens with one attached hydrogen (secondary N) is 1. The summed E-state index contributed by atoms with van der Waals surface area (Å²) < 4.78 is 1.94. The third-order valence-corrected chi connectivity index (χ3v) is 1.96. The molecule has 2 heterocycles. The van der Waals surface area contributed by atoms with Crippen LogP contribution in [0.25, 0.3) is 5.78 Å². The standard InChI is InChI=1S/C8H8N4/c1-6-7(2-3-9)11-8-10-4-5-12(6)8/h4-5H,2H2,1H3,(H,10,11). The summed E-state index contributed by atoms with van der Waals surface area (Å²) in [6.45, 7) is 1.97. The van der Waals surface area contributed by atoms with E-state index in [4.69, 9.17) is 5.26 Å². The van der Waals surface area contributed by atoms with Crippen molar-refractivity contribution in [3.63, 3.8) is 0 Å². The molecule has 2 aromatic heterocycles. The first-order valence-corrected chi connectivity index (χ1v) is 3.70. The predicted molar refractivity (Wildman–Crippen MR) is 43.6 cm³/mol. The van der Waals surface area contributed by atoms with Crippen molar-refractivity contribution in [1.29, 1.82) is 5.26 Å². The van der Waals surface area contributed by atoms with Crippen LogP contribution in [0.1, 0.15) is 11.4 Å². The summed E-state index contributed by atoms with van der Waals surface area (Å²) in [4.78, 5) is 7.15. The van der Waals surface area contributed by atoms with Crippen LogP contribution in [0.15, 0.2) is 12.4 Å². The van der Waals surface area contributed by atoms with Crippen LogP contribution in [0, 0.1) is 18.3 Å². The molecule has 0 aliphatic carbocycles. The third kappa shape index (κ3) is 0.800. The molecular formula is C8H8N4. The lowest BCUT2D eigenvalue weighted by molar-refractivity contribution is 1.08. The van der Waals surface area contributed by atoms with Gasteiger partial charge in [-0.2, -0.15) is 5.26 Å². The average molecular weight is 160 g/mol. The van der Waals surface area contributed by atoms with Crippen molar-refractivity contribution in [3.8, 4) is 6.07 Å². The van der Waals surface area contributed by atoms with Gasteiger partial charge in [0.1, 0.15) is 0 Å². The van der Waals surface area contributed by atoms with Gasteiger partial charge in [-0.15, -0.1) is 0 Å². The van der Waals surface area contributed by atoms with E-state index in [0.717, 1.165) is 17.2 Å². The van der Waals surface area contributed by atoms with Crippen LogP contribution in [0.4, 0.5) is 0 Å². The second-order valence-corrected chi connectivity index (χ2v) is 2.64. The highest BCUT2D eigenvalue weighted by Crippen LogP contribution is 2.09. The smallest absolute Gasteiger partial charge is 0.211 e. The molecule has 0 atom stereocenters. The Kier molecular flexibility index (Phi) is 1.37. The van der Waals surface area contributed by atoms with Gasteiger partial charge in [-0.3, -0.25) is 4.40 Å². The SMILES string of the molecule is Cc1c(CC#N)[nH]c2nccn12. The number of aromatic amines is 1. The molecule has 2 aromatic rings. The monoisotopic (exact) mass is 160 g/mol. The summed E-state index contributed by atoms with van der Waals surface area (Å²) in [6.07, 6.45) is 4.02. The summed E-state index contributed by atoms with van der Waals surface area (Å²) in [5.41, 5.74) is 2.00. The molecule has 60 valence electrons. The van der Waals surface area contributed by atoms with Crippen molar-refractivity contribution in [3.05, 3.63) is 23.8 Å². The van der Waals surface area contributed by atoms with Gasteiger partial charge in [-0.05, 0) is 6.92 Å². The number of aryl methyl sites for hydroxylation is 1. The maximum absolute atomic E-state index is 8.51. The van der Waals surface area contributed by atoms with Crippen molar-refractivity contribution < 1.29 is 0 Å². The Morgan fingerprint density at radius 3 is 3.25 bits per heavy atom. The Balaban J connectivity index is 2.64. The normalized spacial score (nSPS) is 10.3. The zero-order valence-electron chi connectivity index (χ0n) is 6.70. The molecular weight excluding hydrogens is 152 g/mol. The molecule has 0 unspecified atom stereocenters. The molecule has 2 rings (SSSR count). The van der Waals surface area contributed by atoms with Crippen molar-refractivity contribution in [2.24, 2.45) is 0 Å². The van der Waals surface area contributed by atoms with E-state index in [1.165, 1.54) is 0 Å². The lowest BCUT2D eigenvalue weighted by Crippen LogP contribution is -1.86. The highest BCUT2D eigenvalue weighted by molar-refractivity contribution is 5.36. The van der Waals surface area contributed by atoms with Gasteiger partial charge in [0.25, 0.3) is 0 Å². The fourth-order valence-electron chi connectivity index (χ4n) is 1.29. The van der Waals surface area contributed by atoms with Crippen LogP contribution in [0.2, 0.25) is 0 Å². The van der Waals surface area contributed by atoms with Crippen LogP contribution in [0.5, 0.6) is 0 Å². The summed E-state index contributed by atoms with van der Waals surface area (Å²) >= 11 is 0. The molecule has 1 N–H and O–H groups in total. The van der Waals surface area contributed by atoms with Gasteiger partial charge in [0.05, 0.1) is 18.2 Å². The van der Waals surface area contributed by atoms with Crippen LogP contribution >= 0.6 is 0 Å². The number of rotatable bonds is 1. The minimum Gasteiger partial charge on any atom is -0.326 e. The third-order valence-electron chi connectivity index (χ3n) is 1.96. The number of hydrogen-bond donors (Lipinski definition) is 1. The molecule has 0 aliphatic rings. The van der Waals surface area contributed by atoms with E-state index < -0.39 is 0 Å². The van der Waals surface area contributed by atoms with E-state index in [1.54, 1.807) is 6.20 Å². The molecule has 0 saturated heterocycles. The zero-order valence-corrected chi connectivity index (χ0v) is 6.70. The van der Waals surface area contributed by atoms with E-state index in [2.05, 4.69) is 16.0 Å². The number of nitriles is 1. The highest BCUT2D eigenvalue weighted by Gasteiger charge is 2.05. The van der Waals surface area contributed by atoms with Gasteiger partial charge >= 0.3 is 0 Å². The fraction of sp³-hybridized carbons (Fsp3) is 0.250. The quantitative estimate of drug-likeness (QED) is 0.677. The number of nitrogens with zero attached hydrogens (tertiary/aromatic N) is 3. The van der Waals surface area contributed by atoms with Gasteiger partial charge in [0.2, 0.25) is 5.78 Å². The Morgan fingerprint density at radius 2 is 2.58 bits per heavy atom. The summed E-state index contributed by atoms with van der Waals surface area (Å²) in [5.74, 6) is 0.803. The number of hydrogen-bond acceptors (Lipinski definition) is 2. The molecule has 0 amide bonds. The highest BCUT2D eigenvalue weighted by atomic mass is 15.1. The number of imidazole rings is 2. The Hall–Kier alpha value is -1.76. The lowest BCUT2D eigenvalue weighted by atomic mass is 10.3. The molecule has 0 fully saturated rings. The van der Waals surface area contributed by atoms with E-state index >= 15 is 0 Å². The maximum Gasteiger partial charge on any atom is 0.211 e. The second-order valence-electron chi connectivity index (χ2n) is 2.64. The van der Waals surface area contributed by atoms with Gasteiger partial charge in [0.15, 0.2) is 0 Å². The van der Waals surface area contributed by atoms with Crippen LogP contribution < -0.4 is 0 Å². The second kappa shape index (κ2) is 2.38. The number of H-pyrrole nitrogens is 1. The first-order chi connectivity index (χ1) is 5.83. The lowest BCUT2D eigenvalue weighted by Gasteiger charge is -1.89. The van der Waals surface area contributed by atoms with Gasteiger partial charge < -0.3 is 4.98 Å². The summed E-state index contributed by atoms with van der Waals surface area (Å²) in [7, 11) is 0. The van der Waals surface area contributed by atoms with Gasteiger partial charge in [-0.1, -0.05) is 0 Å². The molecule has 4 heteroatoms. The Labute approximate surface area is 69.5 Å². The first-order valence-electron chi connectivity index (χ1n) is 3.70. The Bertz CT molecular complexity index is 443. The summed E-state index contributed by atoms with van der Waals surface area (Å²) in [5, 5.41) is 8.51. The van der Waals surface area contributed by atoms with Crippen molar-refractivity contribution in [1.82, 2.24) is 14.4 Å². The molecule has 0 radical (unpaired) electrons. The first kappa shape index (κ1) is 6.92. The predicted octanol–water partition coefficient (Wildman–Crippen LogP) is 1.04. The number of aromatic nitrogens is 3. The van der Waals surface area contributed by atoms with Crippen molar-refractivity contribution in [2.45, 2.75) is 13.3 Å². The van der Waals surface area contributed by atoms with Crippen LogP contribution in [0.3, 0.4) is 0 Å². The van der Waals surface area contributed by atoms with Crippen LogP contribution in [-0.4, -0.2) is 14.4 Å². The molecule has 12 heavy (non-hydrogen) atoms. The molecule has 0 spiro atoms. The molecule has 0 saturated carbocycles. The fourth-order valence-corrected chi connectivity index (χ4v) is 1.29. The van der Waals surface area contributed by atoms with E-state index in [1.807, 2.05) is 17.5 Å². The average Bonchev–Trinajstić information content (AvgIpc) is 2.58. The minimum atomic E-state index is 0.412. The Morgan fingerprint density at radius 1 is 1.75 bits per heavy atom. The van der Waals surface area contributed by atoms with E-state index in [-0.39, 0.29) is 0 Å². The van der Waals surface area contributed by atoms with Gasteiger partial charge in [0, 0.05) is 18.1 Å². The molecule has 0 aromatic carbocycles. The van der Waals surface area contributed by atoms with Crippen molar-refractivity contribution >= 4 is 5.78 Å². The van der Waals surface area contributed by atoms with Crippen molar-refractivity contribution in [2.75, 3.05) is 0 Å².